The first-order valence-electron chi connectivity index (χ1n) is 6.75. The van der Waals surface area contributed by atoms with E-state index in [2.05, 4.69) is 11.8 Å². The van der Waals surface area contributed by atoms with Crippen LogP contribution in [0.5, 0.6) is 5.75 Å². The lowest BCUT2D eigenvalue weighted by molar-refractivity contribution is 0.101. The largest absolute Gasteiger partial charge is 0.507 e. The van der Waals surface area contributed by atoms with Crippen LogP contribution >= 0.6 is 0 Å². The molecule has 104 valence electrons. The van der Waals surface area contributed by atoms with Crippen molar-refractivity contribution in [2.24, 2.45) is 0 Å². The summed E-state index contributed by atoms with van der Waals surface area (Å²) in [6.45, 7) is 4.92. The van der Waals surface area contributed by atoms with Crippen LogP contribution in [-0.4, -0.2) is 28.4 Å². The van der Waals surface area contributed by atoms with Gasteiger partial charge in [0.2, 0.25) is 0 Å². The number of carbonyl (C=O) groups is 1. The summed E-state index contributed by atoms with van der Waals surface area (Å²) in [7, 11) is 0. The number of nitrogens with zero attached hydrogens (tertiary/aromatic N) is 1. The Kier molecular flexibility index (Phi) is 4.20. The summed E-state index contributed by atoms with van der Waals surface area (Å²) < 4.78 is 13.5. The molecule has 1 heterocycles. The minimum Gasteiger partial charge on any atom is -0.507 e. The van der Waals surface area contributed by atoms with Crippen LogP contribution in [0.1, 0.15) is 49.0 Å². The van der Waals surface area contributed by atoms with Crippen LogP contribution in [0.4, 0.5) is 4.39 Å². The topological polar surface area (TPSA) is 40.5 Å². The molecule has 1 fully saturated rings. The molecule has 0 bridgehead atoms. The molecule has 1 atom stereocenters. The first-order valence-corrected chi connectivity index (χ1v) is 6.75. The Hall–Kier alpha value is -1.42. The van der Waals surface area contributed by atoms with E-state index in [1.807, 2.05) is 0 Å². The Morgan fingerprint density at radius 3 is 2.84 bits per heavy atom. The Bertz CT molecular complexity index is 487. The van der Waals surface area contributed by atoms with Gasteiger partial charge in [0.05, 0.1) is 5.56 Å². The lowest BCUT2D eigenvalue weighted by atomic mass is 10.0. The zero-order chi connectivity index (χ0) is 14.0. The number of likely N-dealkylation sites (tertiary alicyclic amines) is 1. The molecule has 1 unspecified atom stereocenters. The van der Waals surface area contributed by atoms with Gasteiger partial charge in [-0.1, -0.05) is 6.42 Å². The first-order chi connectivity index (χ1) is 8.99. The third kappa shape index (κ3) is 3.13. The number of aromatic hydroxyl groups is 1. The second-order valence-electron chi connectivity index (χ2n) is 5.33. The van der Waals surface area contributed by atoms with Gasteiger partial charge in [-0.25, -0.2) is 4.39 Å². The Labute approximate surface area is 113 Å². The number of hydrogen-bond donors (Lipinski definition) is 1. The molecule has 0 amide bonds. The van der Waals surface area contributed by atoms with Gasteiger partial charge in [0.1, 0.15) is 11.6 Å². The summed E-state index contributed by atoms with van der Waals surface area (Å²) in [5, 5.41) is 10.1. The van der Waals surface area contributed by atoms with E-state index in [-0.39, 0.29) is 17.1 Å². The fraction of sp³-hybridized carbons (Fsp3) is 0.533. The molecule has 4 heteroatoms. The van der Waals surface area contributed by atoms with Gasteiger partial charge in [0, 0.05) is 18.2 Å². The maximum absolute atomic E-state index is 13.5. The second-order valence-corrected chi connectivity index (χ2v) is 5.33. The van der Waals surface area contributed by atoms with Crippen molar-refractivity contribution in [1.29, 1.82) is 0 Å². The summed E-state index contributed by atoms with van der Waals surface area (Å²) in [6, 6.07) is 2.85. The van der Waals surface area contributed by atoms with Gasteiger partial charge in [-0.2, -0.15) is 0 Å². The molecule has 3 nitrogen and oxygen atoms in total. The molecule has 2 rings (SSSR count). The Morgan fingerprint density at radius 2 is 2.21 bits per heavy atom. The standard InChI is InChI=1S/C15H20FNO2/c1-10-5-3-4-6-17(10)9-12-7-13(16)8-14(11(2)18)15(12)19/h7-8,10,19H,3-6,9H2,1-2H3. The average Bonchev–Trinajstić information content (AvgIpc) is 2.35. The molecular formula is C15H20FNO2. The van der Waals surface area contributed by atoms with Crippen molar-refractivity contribution < 1.29 is 14.3 Å². The molecule has 0 spiro atoms. The van der Waals surface area contributed by atoms with Crippen LogP contribution in [-0.2, 0) is 6.54 Å². The zero-order valence-corrected chi connectivity index (χ0v) is 11.4. The first kappa shape index (κ1) is 14.0. The molecule has 1 aromatic carbocycles. The highest BCUT2D eigenvalue weighted by Gasteiger charge is 2.21. The van der Waals surface area contributed by atoms with Crippen LogP contribution in [0.25, 0.3) is 0 Å². The fourth-order valence-corrected chi connectivity index (χ4v) is 2.66. The van der Waals surface area contributed by atoms with Crippen molar-refractivity contribution in [2.75, 3.05) is 6.54 Å². The van der Waals surface area contributed by atoms with E-state index in [1.54, 1.807) is 0 Å². The number of hydrogen-bond acceptors (Lipinski definition) is 3. The summed E-state index contributed by atoms with van der Waals surface area (Å²) in [5.41, 5.74) is 0.568. The summed E-state index contributed by atoms with van der Waals surface area (Å²) in [6.07, 6.45) is 3.46. The van der Waals surface area contributed by atoms with E-state index in [0.29, 0.717) is 18.2 Å². The minimum atomic E-state index is -0.470. The van der Waals surface area contributed by atoms with Gasteiger partial charge in [0.15, 0.2) is 5.78 Å². The van der Waals surface area contributed by atoms with Crippen LogP contribution in [0, 0.1) is 5.82 Å². The summed E-state index contributed by atoms with van der Waals surface area (Å²) >= 11 is 0. The van der Waals surface area contributed by atoms with E-state index in [0.717, 1.165) is 25.5 Å². The Morgan fingerprint density at radius 1 is 1.47 bits per heavy atom. The highest BCUT2D eigenvalue weighted by molar-refractivity contribution is 5.97. The van der Waals surface area contributed by atoms with Crippen LogP contribution in [0.15, 0.2) is 12.1 Å². The molecule has 0 radical (unpaired) electrons. The third-order valence-electron chi connectivity index (χ3n) is 3.85. The van der Waals surface area contributed by atoms with Gasteiger partial charge in [-0.05, 0) is 45.4 Å². The third-order valence-corrected chi connectivity index (χ3v) is 3.85. The molecule has 0 aliphatic carbocycles. The quantitative estimate of drug-likeness (QED) is 0.854. The number of Topliss-reactive ketones (excluding diaryl/α,β-unsaturated/α-hetero) is 1. The highest BCUT2D eigenvalue weighted by Crippen LogP contribution is 2.28. The highest BCUT2D eigenvalue weighted by atomic mass is 19.1. The SMILES string of the molecule is CC(=O)c1cc(F)cc(CN2CCCCC2C)c1O. The normalized spacial score (nSPS) is 20.5. The number of rotatable bonds is 3. The number of carbonyl (C=O) groups excluding carboxylic acids is 1. The molecule has 1 N–H and O–H groups in total. The van der Waals surface area contributed by atoms with Gasteiger partial charge in [0.25, 0.3) is 0 Å². The predicted octanol–water partition coefficient (Wildman–Crippen LogP) is 3.11. The molecule has 1 aromatic rings. The number of piperidine rings is 1. The van der Waals surface area contributed by atoms with Gasteiger partial charge >= 0.3 is 0 Å². The molecule has 1 aliphatic rings. The van der Waals surface area contributed by atoms with E-state index >= 15 is 0 Å². The van der Waals surface area contributed by atoms with Crippen molar-refractivity contribution in [3.63, 3.8) is 0 Å². The minimum absolute atomic E-state index is 0.0691. The number of halogens is 1. The van der Waals surface area contributed by atoms with Gasteiger partial charge < -0.3 is 5.11 Å². The van der Waals surface area contributed by atoms with Crippen molar-refractivity contribution in [3.8, 4) is 5.75 Å². The van der Waals surface area contributed by atoms with E-state index in [9.17, 15) is 14.3 Å². The van der Waals surface area contributed by atoms with Crippen LogP contribution in [0.3, 0.4) is 0 Å². The van der Waals surface area contributed by atoms with E-state index in [1.165, 1.54) is 19.4 Å². The fourth-order valence-electron chi connectivity index (χ4n) is 2.66. The maximum atomic E-state index is 13.5. The average molecular weight is 265 g/mol. The molecule has 1 saturated heterocycles. The number of phenols is 1. The number of benzene rings is 1. The van der Waals surface area contributed by atoms with Gasteiger partial charge in [-0.3, -0.25) is 9.69 Å². The summed E-state index contributed by atoms with van der Waals surface area (Å²) in [5.74, 6) is -0.862. The smallest absolute Gasteiger partial charge is 0.163 e. The monoisotopic (exact) mass is 265 g/mol. The summed E-state index contributed by atoms with van der Waals surface area (Å²) in [4.78, 5) is 13.6. The van der Waals surface area contributed by atoms with Crippen LogP contribution < -0.4 is 0 Å². The number of phenolic OH excluding ortho intramolecular Hbond substituents is 1. The lowest BCUT2D eigenvalue weighted by Crippen LogP contribution is -2.36. The van der Waals surface area contributed by atoms with Gasteiger partial charge in [-0.15, -0.1) is 0 Å². The maximum Gasteiger partial charge on any atom is 0.163 e. The van der Waals surface area contributed by atoms with Crippen molar-refractivity contribution in [1.82, 2.24) is 4.90 Å². The molecule has 0 saturated carbocycles. The van der Waals surface area contributed by atoms with E-state index < -0.39 is 5.82 Å². The molecular weight excluding hydrogens is 245 g/mol. The van der Waals surface area contributed by atoms with Crippen molar-refractivity contribution in [2.45, 2.75) is 45.7 Å². The number of ketones is 1. The van der Waals surface area contributed by atoms with Crippen molar-refractivity contribution >= 4 is 5.78 Å². The zero-order valence-electron chi connectivity index (χ0n) is 11.4. The molecule has 1 aliphatic heterocycles. The molecule has 0 aromatic heterocycles. The lowest BCUT2D eigenvalue weighted by Gasteiger charge is -2.33. The van der Waals surface area contributed by atoms with E-state index in [4.69, 9.17) is 0 Å². The van der Waals surface area contributed by atoms with Crippen molar-refractivity contribution in [3.05, 3.63) is 29.1 Å². The Balaban J connectivity index is 2.26. The second kappa shape index (κ2) is 5.70. The van der Waals surface area contributed by atoms with Crippen LogP contribution in [0.2, 0.25) is 0 Å². The molecule has 19 heavy (non-hydrogen) atoms. The predicted molar refractivity (Wildman–Crippen MR) is 71.8 cm³/mol.